The van der Waals surface area contributed by atoms with Crippen molar-refractivity contribution in [1.82, 2.24) is 0 Å². The monoisotopic (exact) mass is 214 g/mol. The summed E-state index contributed by atoms with van der Waals surface area (Å²) >= 11 is 0. The Balaban J connectivity index is 2.53. The van der Waals surface area contributed by atoms with Crippen molar-refractivity contribution in [2.24, 2.45) is 5.16 Å². The Labute approximate surface area is 93.6 Å². The quantitative estimate of drug-likeness (QED) is 0.610. The summed E-state index contributed by atoms with van der Waals surface area (Å²) in [6.45, 7) is 0.233. The highest BCUT2D eigenvalue weighted by atomic mass is 16.6. The number of nitrogens with one attached hydrogen (secondary N) is 1. The molecule has 0 fully saturated rings. The molecule has 0 spiro atoms. The average Bonchev–Trinajstić information content (AvgIpc) is 2.35. The van der Waals surface area contributed by atoms with Crippen LogP contribution in [-0.2, 0) is 11.4 Å². The van der Waals surface area contributed by atoms with Gasteiger partial charge in [0.2, 0.25) is 0 Å². The molecule has 0 unspecified atom stereocenters. The summed E-state index contributed by atoms with van der Waals surface area (Å²) < 4.78 is 0. The zero-order chi connectivity index (χ0) is 11.8. The minimum Gasteiger partial charge on any atom is -0.389 e. The molecule has 16 heavy (non-hydrogen) atoms. The van der Waals surface area contributed by atoms with Gasteiger partial charge in [0, 0.05) is 12.7 Å². The fraction of sp³-hybridized carbons (Fsp3) is 0.182. The van der Waals surface area contributed by atoms with Gasteiger partial charge < -0.3 is 10.2 Å². The lowest BCUT2D eigenvalue weighted by atomic mass is 10.2. The van der Waals surface area contributed by atoms with Crippen LogP contribution in [0.3, 0.4) is 0 Å². The summed E-state index contributed by atoms with van der Waals surface area (Å²) in [6, 6.07) is 10.8. The van der Waals surface area contributed by atoms with Crippen LogP contribution in [0.15, 0.2) is 29.4 Å². The van der Waals surface area contributed by atoms with E-state index in [9.17, 15) is 0 Å². The summed E-state index contributed by atoms with van der Waals surface area (Å²) in [4.78, 5) is 4.86. The number of hydrogen-bond donors (Lipinski definition) is 1. The van der Waals surface area contributed by atoms with E-state index in [0.717, 1.165) is 11.3 Å². The van der Waals surface area contributed by atoms with E-state index in [1.165, 1.54) is 0 Å². The first-order valence-electron chi connectivity index (χ1n) is 4.57. The van der Waals surface area contributed by atoms with Crippen LogP contribution in [0.1, 0.15) is 5.56 Å². The molecule has 5 nitrogen and oxygen atoms in total. The van der Waals surface area contributed by atoms with Crippen LogP contribution in [-0.4, -0.2) is 12.8 Å². The number of nitrogens with zero attached hydrogens (tertiary/aromatic N) is 3. The smallest absolute Gasteiger partial charge is 0.256 e. The second-order valence-electron chi connectivity index (χ2n) is 2.88. The van der Waals surface area contributed by atoms with E-state index in [1.807, 2.05) is 31.3 Å². The van der Waals surface area contributed by atoms with E-state index < -0.39 is 0 Å². The fourth-order valence-corrected chi connectivity index (χ4v) is 1.00. The van der Waals surface area contributed by atoms with Crippen LogP contribution in [0.25, 0.3) is 0 Å². The summed E-state index contributed by atoms with van der Waals surface area (Å²) in [5, 5.41) is 23.2. The minimum absolute atomic E-state index is 0.233. The Kier molecular flexibility index (Phi) is 4.36. The third-order valence-corrected chi connectivity index (χ3v) is 1.84. The summed E-state index contributed by atoms with van der Waals surface area (Å²) in [5.74, 6) is 0. The van der Waals surface area contributed by atoms with E-state index in [1.54, 1.807) is 12.1 Å². The first-order valence-corrected chi connectivity index (χ1v) is 4.57. The van der Waals surface area contributed by atoms with Crippen LogP contribution < -0.4 is 5.32 Å². The van der Waals surface area contributed by atoms with Crippen molar-refractivity contribution in [2.45, 2.75) is 6.61 Å². The van der Waals surface area contributed by atoms with E-state index >= 15 is 0 Å². The molecule has 0 aliphatic carbocycles. The molecular formula is C11H10N4O. The highest BCUT2D eigenvalue weighted by Crippen LogP contribution is 2.09. The van der Waals surface area contributed by atoms with Crippen molar-refractivity contribution >= 4 is 11.4 Å². The Morgan fingerprint density at radius 2 is 1.94 bits per heavy atom. The number of rotatable bonds is 4. The second-order valence-corrected chi connectivity index (χ2v) is 2.88. The number of oxime groups is 1. The topological polar surface area (TPSA) is 81.2 Å². The molecule has 1 aromatic rings. The Morgan fingerprint density at radius 3 is 2.44 bits per heavy atom. The molecule has 0 atom stereocenters. The van der Waals surface area contributed by atoms with Gasteiger partial charge >= 0.3 is 0 Å². The van der Waals surface area contributed by atoms with Gasteiger partial charge in [-0.1, -0.05) is 17.3 Å². The molecule has 1 rings (SSSR count). The maximum atomic E-state index is 8.40. The maximum absolute atomic E-state index is 8.40. The van der Waals surface area contributed by atoms with Gasteiger partial charge in [0.25, 0.3) is 5.71 Å². The Bertz CT molecular complexity index is 434. The Morgan fingerprint density at radius 1 is 1.31 bits per heavy atom. The van der Waals surface area contributed by atoms with Gasteiger partial charge in [-0.15, -0.1) is 0 Å². The lowest BCUT2D eigenvalue weighted by molar-refractivity contribution is 0.131. The highest BCUT2D eigenvalue weighted by molar-refractivity contribution is 6.09. The SMILES string of the molecule is CNc1ccc(CON=C(C#N)C#N)cc1. The zero-order valence-corrected chi connectivity index (χ0v) is 8.77. The van der Waals surface area contributed by atoms with Crippen LogP contribution in [0.5, 0.6) is 0 Å². The van der Waals surface area contributed by atoms with E-state index in [4.69, 9.17) is 15.4 Å². The normalized spacial score (nSPS) is 8.44. The molecule has 0 aromatic heterocycles. The third kappa shape index (κ3) is 3.32. The molecule has 0 amide bonds. The van der Waals surface area contributed by atoms with E-state index in [0.29, 0.717) is 0 Å². The van der Waals surface area contributed by atoms with Crippen molar-refractivity contribution in [3.05, 3.63) is 29.8 Å². The second kappa shape index (κ2) is 6.05. The zero-order valence-electron chi connectivity index (χ0n) is 8.77. The molecule has 0 aliphatic rings. The first-order chi connectivity index (χ1) is 7.80. The number of benzene rings is 1. The molecule has 0 bridgehead atoms. The molecule has 1 N–H and O–H groups in total. The van der Waals surface area contributed by atoms with Gasteiger partial charge in [0.15, 0.2) is 0 Å². The average molecular weight is 214 g/mol. The molecular weight excluding hydrogens is 204 g/mol. The molecule has 0 radical (unpaired) electrons. The van der Waals surface area contributed by atoms with E-state index in [-0.39, 0.29) is 12.3 Å². The van der Waals surface area contributed by atoms with Crippen molar-refractivity contribution in [1.29, 1.82) is 10.5 Å². The van der Waals surface area contributed by atoms with E-state index in [2.05, 4.69) is 10.5 Å². The molecule has 0 saturated heterocycles. The molecule has 0 heterocycles. The highest BCUT2D eigenvalue weighted by Gasteiger charge is 1.96. The third-order valence-electron chi connectivity index (χ3n) is 1.84. The van der Waals surface area contributed by atoms with Gasteiger partial charge in [-0.2, -0.15) is 10.5 Å². The first kappa shape index (κ1) is 11.5. The van der Waals surface area contributed by atoms with Crippen molar-refractivity contribution in [2.75, 3.05) is 12.4 Å². The number of anilines is 1. The molecule has 1 aromatic carbocycles. The molecule has 5 heteroatoms. The molecule has 0 saturated carbocycles. The van der Waals surface area contributed by atoms with Crippen molar-refractivity contribution < 1.29 is 4.84 Å². The van der Waals surface area contributed by atoms with Crippen LogP contribution >= 0.6 is 0 Å². The fourth-order valence-electron chi connectivity index (χ4n) is 1.00. The lowest BCUT2D eigenvalue weighted by Crippen LogP contribution is -1.93. The van der Waals surface area contributed by atoms with Crippen molar-refractivity contribution in [3.63, 3.8) is 0 Å². The van der Waals surface area contributed by atoms with Crippen LogP contribution in [0.4, 0.5) is 5.69 Å². The van der Waals surface area contributed by atoms with Gasteiger partial charge in [0.05, 0.1) is 0 Å². The van der Waals surface area contributed by atoms with Gasteiger partial charge in [-0.3, -0.25) is 0 Å². The summed E-state index contributed by atoms with van der Waals surface area (Å²) in [5.41, 5.74) is 1.63. The number of hydrogen-bond acceptors (Lipinski definition) is 5. The maximum Gasteiger partial charge on any atom is 0.256 e. The van der Waals surface area contributed by atoms with Gasteiger partial charge in [0.1, 0.15) is 18.7 Å². The minimum atomic E-state index is -0.285. The van der Waals surface area contributed by atoms with Gasteiger partial charge in [-0.25, -0.2) is 0 Å². The lowest BCUT2D eigenvalue weighted by Gasteiger charge is -2.02. The number of nitriles is 2. The summed E-state index contributed by atoms with van der Waals surface area (Å²) in [6.07, 6.45) is 0. The largest absolute Gasteiger partial charge is 0.389 e. The standard InChI is InChI=1S/C11H10N4O/c1-14-10-4-2-9(3-5-10)8-16-15-11(6-12)7-13/h2-5,14H,8H2,1H3. The predicted molar refractivity (Wildman–Crippen MR) is 59.4 cm³/mol. The van der Waals surface area contributed by atoms with Crippen molar-refractivity contribution in [3.8, 4) is 12.1 Å². The predicted octanol–water partition coefficient (Wildman–Crippen LogP) is 1.65. The summed E-state index contributed by atoms with van der Waals surface area (Å²) in [7, 11) is 1.84. The molecule has 0 aliphatic heterocycles. The van der Waals surface area contributed by atoms with Gasteiger partial charge in [-0.05, 0) is 17.7 Å². The molecule has 80 valence electrons. The Hall–Kier alpha value is -2.53. The van der Waals surface area contributed by atoms with Crippen LogP contribution in [0, 0.1) is 22.7 Å². The van der Waals surface area contributed by atoms with Crippen LogP contribution in [0.2, 0.25) is 0 Å².